The summed E-state index contributed by atoms with van der Waals surface area (Å²) < 4.78 is 5.49. The lowest BCUT2D eigenvalue weighted by Gasteiger charge is -2.08. The van der Waals surface area contributed by atoms with E-state index in [-0.39, 0.29) is 24.3 Å². The van der Waals surface area contributed by atoms with Crippen molar-refractivity contribution in [1.29, 1.82) is 0 Å². The van der Waals surface area contributed by atoms with E-state index in [0.717, 1.165) is 0 Å². The summed E-state index contributed by atoms with van der Waals surface area (Å²) in [5.74, 6) is -0.347. The lowest BCUT2D eigenvalue weighted by atomic mass is 10.3. The largest absolute Gasteiger partial charge is 0.369 e. The van der Waals surface area contributed by atoms with Gasteiger partial charge in [0.25, 0.3) is 5.69 Å². The van der Waals surface area contributed by atoms with Gasteiger partial charge in [-0.3, -0.25) is 14.9 Å². The molecular weight excluding hydrogens is 304 g/mol. The molecule has 0 saturated heterocycles. The first kappa shape index (κ1) is 14.6. The molecule has 0 aromatic heterocycles. The number of hydrogen-bond acceptors (Lipinski definition) is 4. The van der Waals surface area contributed by atoms with E-state index in [1.54, 1.807) is 6.07 Å². The molecule has 1 N–H and O–H groups in total. The summed E-state index contributed by atoms with van der Waals surface area (Å²) in [6.07, 6.45) is -0.0463. The zero-order valence-corrected chi connectivity index (χ0v) is 11.6. The number of nitrogens with one attached hydrogen (secondary N) is 1. The SMILES string of the molecule is CC(C)OCC(=O)Nc1ccc(Br)c([N+](=O)[O-])c1. The number of hydrogen-bond donors (Lipinski definition) is 1. The Balaban J connectivity index is 2.70. The maximum absolute atomic E-state index is 11.5. The summed E-state index contributed by atoms with van der Waals surface area (Å²) in [4.78, 5) is 21.7. The van der Waals surface area contributed by atoms with Gasteiger partial charge >= 0.3 is 0 Å². The van der Waals surface area contributed by atoms with Crippen LogP contribution in [0.4, 0.5) is 11.4 Å². The summed E-state index contributed by atoms with van der Waals surface area (Å²) in [5.41, 5.74) is 0.264. The lowest BCUT2D eigenvalue weighted by Crippen LogP contribution is -2.20. The van der Waals surface area contributed by atoms with E-state index in [0.29, 0.717) is 10.2 Å². The molecule has 1 rings (SSSR count). The van der Waals surface area contributed by atoms with Crippen molar-refractivity contribution in [2.75, 3.05) is 11.9 Å². The summed E-state index contributed by atoms with van der Waals surface area (Å²) >= 11 is 3.07. The average molecular weight is 317 g/mol. The standard InChI is InChI=1S/C11H13BrN2O4/c1-7(2)18-6-11(15)13-8-3-4-9(12)10(5-8)14(16)17/h3-5,7H,6H2,1-2H3,(H,13,15). The minimum atomic E-state index is -0.523. The Kier molecular flexibility index (Phi) is 5.24. The quantitative estimate of drug-likeness (QED) is 0.669. The second-order valence-corrected chi connectivity index (χ2v) is 4.69. The van der Waals surface area contributed by atoms with Crippen LogP contribution in [0.2, 0.25) is 0 Å². The summed E-state index contributed by atoms with van der Waals surface area (Å²) in [5, 5.41) is 13.2. The van der Waals surface area contributed by atoms with Gasteiger partial charge in [-0.2, -0.15) is 0 Å². The van der Waals surface area contributed by atoms with E-state index >= 15 is 0 Å². The monoisotopic (exact) mass is 316 g/mol. The van der Waals surface area contributed by atoms with E-state index in [1.807, 2.05) is 13.8 Å². The Morgan fingerprint density at radius 1 is 1.56 bits per heavy atom. The van der Waals surface area contributed by atoms with Gasteiger partial charge in [-0.05, 0) is 41.9 Å². The smallest absolute Gasteiger partial charge is 0.285 e. The highest BCUT2D eigenvalue weighted by Crippen LogP contribution is 2.27. The van der Waals surface area contributed by atoms with Crippen molar-refractivity contribution in [3.8, 4) is 0 Å². The van der Waals surface area contributed by atoms with E-state index in [9.17, 15) is 14.9 Å². The number of carbonyl (C=O) groups excluding carboxylic acids is 1. The zero-order chi connectivity index (χ0) is 13.7. The van der Waals surface area contributed by atoms with Crippen LogP contribution >= 0.6 is 15.9 Å². The van der Waals surface area contributed by atoms with E-state index < -0.39 is 4.92 Å². The second kappa shape index (κ2) is 6.46. The van der Waals surface area contributed by atoms with Crippen LogP contribution in [0, 0.1) is 10.1 Å². The number of nitrogens with zero attached hydrogens (tertiary/aromatic N) is 1. The van der Waals surface area contributed by atoms with Crippen LogP contribution in [0.3, 0.4) is 0 Å². The topological polar surface area (TPSA) is 81.5 Å². The van der Waals surface area contributed by atoms with Crippen molar-refractivity contribution in [2.45, 2.75) is 20.0 Å². The predicted octanol–water partition coefficient (Wildman–Crippen LogP) is 2.72. The number of ether oxygens (including phenoxy) is 1. The number of amides is 1. The number of nitro groups is 1. The predicted molar refractivity (Wildman–Crippen MR) is 70.5 cm³/mol. The molecule has 0 atom stereocenters. The van der Waals surface area contributed by atoms with Gasteiger partial charge in [0.2, 0.25) is 5.91 Å². The van der Waals surface area contributed by atoms with Gasteiger partial charge in [-0.15, -0.1) is 0 Å². The Labute approximate surface area is 113 Å². The third-order valence-corrected chi connectivity index (χ3v) is 2.64. The van der Waals surface area contributed by atoms with Crippen LogP contribution in [0.5, 0.6) is 0 Å². The zero-order valence-electron chi connectivity index (χ0n) is 9.97. The van der Waals surface area contributed by atoms with Crippen molar-refractivity contribution in [3.05, 3.63) is 32.8 Å². The Morgan fingerprint density at radius 3 is 2.78 bits per heavy atom. The molecule has 1 aromatic carbocycles. The molecule has 0 spiro atoms. The van der Waals surface area contributed by atoms with Crippen molar-refractivity contribution in [1.82, 2.24) is 0 Å². The summed E-state index contributed by atoms with van der Waals surface area (Å²) in [7, 11) is 0. The van der Waals surface area contributed by atoms with Gasteiger partial charge in [0.15, 0.2) is 0 Å². The Bertz CT molecular complexity index is 462. The number of nitro benzene ring substituents is 1. The summed E-state index contributed by atoms with van der Waals surface area (Å²) in [6.45, 7) is 3.55. The molecule has 0 heterocycles. The molecule has 0 aliphatic carbocycles. The molecule has 0 radical (unpaired) electrons. The lowest BCUT2D eigenvalue weighted by molar-refractivity contribution is -0.385. The van der Waals surface area contributed by atoms with Gasteiger partial charge in [0, 0.05) is 11.8 Å². The first-order chi connectivity index (χ1) is 8.40. The number of carbonyl (C=O) groups is 1. The summed E-state index contributed by atoms with van der Waals surface area (Å²) in [6, 6.07) is 4.37. The van der Waals surface area contributed by atoms with Crippen molar-refractivity contribution in [2.24, 2.45) is 0 Å². The van der Waals surface area contributed by atoms with Crippen molar-refractivity contribution >= 4 is 33.2 Å². The first-order valence-corrected chi connectivity index (χ1v) is 6.05. The van der Waals surface area contributed by atoms with Crippen LogP contribution in [0.15, 0.2) is 22.7 Å². The Morgan fingerprint density at radius 2 is 2.22 bits per heavy atom. The number of rotatable bonds is 5. The average Bonchev–Trinajstić information content (AvgIpc) is 2.28. The molecule has 0 saturated carbocycles. The van der Waals surface area contributed by atoms with Gasteiger partial charge in [-0.1, -0.05) is 0 Å². The molecule has 7 heteroatoms. The molecule has 0 aliphatic rings. The van der Waals surface area contributed by atoms with Crippen molar-refractivity contribution in [3.63, 3.8) is 0 Å². The van der Waals surface area contributed by atoms with Gasteiger partial charge in [-0.25, -0.2) is 0 Å². The fraction of sp³-hybridized carbons (Fsp3) is 0.364. The fourth-order valence-electron chi connectivity index (χ4n) is 1.17. The van der Waals surface area contributed by atoms with E-state index in [1.165, 1.54) is 12.1 Å². The molecule has 1 amide bonds. The molecule has 98 valence electrons. The maximum Gasteiger partial charge on any atom is 0.285 e. The molecule has 1 aromatic rings. The molecule has 0 unspecified atom stereocenters. The van der Waals surface area contributed by atoms with E-state index in [4.69, 9.17) is 4.74 Å². The Hall–Kier alpha value is -1.47. The minimum absolute atomic E-state index is 0.0463. The number of anilines is 1. The molecular formula is C11H13BrN2O4. The highest BCUT2D eigenvalue weighted by Gasteiger charge is 2.13. The van der Waals surface area contributed by atoms with Gasteiger partial charge < -0.3 is 10.1 Å². The molecule has 0 aliphatic heterocycles. The van der Waals surface area contributed by atoms with Gasteiger partial charge in [0.05, 0.1) is 15.5 Å². The highest BCUT2D eigenvalue weighted by molar-refractivity contribution is 9.10. The molecule has 0 bridgehead atoms. The van der Waals surface area contributed by atoms with Crippen LogP contribution in [-0.4, -0.2) is 23.5 Å². The number of halogens is 1. The number of benzene rings is 1. The third kappa shape index (κ3) is 4.42. The minimum Gasteiger partial charge on any atom is -0.369 e. The normalized spacial score (nSPS) is 10.4. The molecule has 18 heavy (non-hydrogen) atoms. The third-order valence-electron chi connectivity index (χ3n) is 1.97. The van der Waals surface area contributed by atoms with Crippen LogP contribution in [0.25, 0.3) is 0 Å². The first-order valence-electron chi connectivity index (χ1n) is 5.25. The van der Waals surface area contributed by atoms with Crippen LogP contribution in [0.1, 0.15) is 13.8 Å². The van der Waals surface area contributed by atoms with Crippen molar-refractivity contribution < 1.29 is 14.5 Å². The van der Waals surface area contributed by atoms with Crippen LogP contribution in [-0.2, 0) is 9.53 Å². The highest BCUT2D eigenvalue weighted by atomic mass is 79.9. The molecule has 6 nitrogen and oxygen atoms in total. The fourth-order valence-corrected chi connectivity index (χ4v) is 1.56. The van der Waals surface area contributed by atoms with E-state index in [2.05, 4.69) is 21.2 Å². The molecule has 0 fully saturated rings. The van der Waals surface area contributed by atoms with Crippen LogP contribution < -0.4 is 5.32 Å². The maximum atomic E-state index is 11.5. The van der Waals surface area contributed by atoms with Gasteiger partial charge in [0.1, 0.15) is 6.61 Å². The second-order valence-electron chi connectivity index (χ2n) is 3.83.